The lowest BCUT2D eigenvalue weighted by atomic mass is 9.90. The number of para-hydroxylation sites is 1. The van der Waals surface area contributed by atoms with Crippen LogP contribution in [0.5, 0.6) is 0 Å². The van der Waals surface area contributed by atoms with Gasteiger partial charge in [-0.1, -0.05) is 42.0 Å². The lowest BCUT2D eigenvalue weighted by Gasteiger charge is -2.42. The summed E-state index contributed by atoms with van der Waals surface area (Å²) in [6.07, 6.45) is 0. The zero-order chi connectivity index (χ0) is 27.4. The highest BCUT2D eigenvalue weighted by Gasteiger charge is 2.39. The number of esters is 1. The summed E-state index contributed by atoms with van der Waals surface area (Å²) in [6, 6.07) is 14.3. The predicted molar refractivity (Wildman–Crippen MR) is 147 cm³/mol. The number of piperazine rings is 1. The molecule has 9 heteroatoms. The van der Waals surface area contributed by atoms with Gasteiger partial charge in [0.05, 0.1) is 18.2 Å². The molecule has 0 saturated carbocycles. The van der Waals surface area contributed by atoms with Crippen LogP contribution in [-0.2, 0) is 9.53 Å². The summed E-state index contributed by atoms with van der Waals surface area (Å²) in [5.41, 5.74) is 4.72. The fourth-order valence-corrected chi connectivity index (χ4v) is 5.11. The lowest BCUT2D eigenvalue weighted by molar-refractivity contribution is -0.139. The summed E-state index contributed by atoms with van der Waals surface area (Å²) in [5.74, 6) is -0.436. The second-order valence-corrected chi connectivity index (χ2v) is 9.96. The van der Waals surface area contributed by atoms with E-state index < -0.39 is 12.0 Å². The van der Waals surface area contributed by atoms with E-state index in [0.717, 1.165) is 22.4 Å². The Hall–Kier alpha value is -3.85. The first-order valence-electron chi connectivity index (χ1n) is 13.1. The minimum Gasteiger partial charge on any atom is -0.463 e. The van der Waals surface area contributed by atoms with Crippen LogP contribution < -0.4 is 10.6 Å². The first-order valence-corrected chi connectivity index (χ1v) is 13.1. The van der Waals surface area contributed by atoms with Gasteiger partial charge in [0.1, 0.15) is 0 Å². The van der Waals surface area contributed by atoms with E-state index in [1.165, 1.54) is 4.90 Å². The van der Waals surface area contributed by atoms with Crippen molar-refractivity contribution in [3.63, 3.8) is 0 Å². The third-order valence-electron chi connectivity index (χ3n) is 7.19. The highest BCUT2D eigenvalue weighted by atomic mass is 16.5. The largest absolute Gasteiger partial charge is 0.463 e. The SMILES string of the molecule is CCOC(=O)C1=C(CN2CCN(C(=O)Nc3ccccc3)[C@H](C)C2)N(C)C(=O)N[C@@H]1c1cc(C)ccc1C. The maximum atomic E-state index is 13.3. The summed E-state index contributed by atoms with van der Waals surface area (Å²) in [7, 11) is 1.68. The molecule has 2 aromatic carbocycles. The third kappa shape index (κ3) is 5.83. The molecule has 0 bridgehead atoms. The molecule has 1 saturated heterocycles. The molecule has 9 nitrogen and oxygen atoms in total. The van der Waals surface area contributed by atoms with Crippen LogP contribution in [0.3, 0.4) is 0 Å². The highest BCUT2D eigenvalue weighted by molar-refractivity contribution is 5.95. The number of anilines is 1. The van der Waals surface area contributed by atoms with E-state index in [4.69, 9.17) is 4.74 Å². The normalized spacial score (nSPS) is 20.3. The van der Waals surface area contributed by atoms with E-state index >= 15 is 0 Å². The molecule has 4 rings (SSSR count). The fraction of sp³-hybridized carbons (Fsp3) is 0.414. The molecule has 4 amide bonds. The standard InChI is InChI=1S/C29H37N5O4/c1-6-38-27(35)25-24(32(5)28(36)31-26(25)23-16-19(2)12-13-20(23)3)18-33-14-15-34(21(4)17-33)29(37)30-22-10-8-7-9-11-22/h7-13,16,21,26H,6,14-15,17-18H2,1-5H3,(H,30,37)(H,31,36)/t21-,26-/m1/s1. The molecule has 2 aliphatic rings. The molecular formula is C29H37N5O4. The van der Waals surface area contributed by atoms with Gasteiger partial charge in [0.2, 0.25) is 0 Å². The monoisotopic (exact) mass is 519 g/mol. The van der Waals surface area contributed by atoms with Gasteiger partial charge in [0, 0.05) is 50.7 Å². The minimum atomic E-state index is -0.608. The number of aryl methyl sites for hydroxylation is 2. The van der Waals surface area contributed by atoms with E-state index in [2.05, 4.69) is 15.5 Å². The Morgan fingerprint density at radius 1 is 1.11 bits per heavy atom. The zero-order valence-corrected chi connectivity index (χ0v) is 22.8. The van der Waals surface area contributed by atoms with Crippen LogP contribution >= 0.6 is 0 Å². The number of ether oxygens (including phenoxy) is 1. The summed E-state index contributed by atoms with van der Waals surface area (Å²) >= 11 is 0. The number of nitrogens with one attached hydrogen (secondary N) is 2. The van der Waals surface area contributed by atoms with Gasteiger partial charge in [-0.25, -0.2) is 14.4 Å². The number of benzene rings is 2. The van der Waals surface area contributed by atoms with Crippen molar-refractivity contribution in [3.05, 3.63) is 76.5 Å². The molecule has 0 spiro atoms. The third-order valence-corrected chi connectivity index (χ3v) is 7.19. The number of carbonyl (C=O) groups is 3. The van der Waals surface area contributed by atoms with Gasteiger partial charge in [-0.3, -0.25) is 9.80 Å². The Morgan fingerprint density at radius 3 is 2.53 bits per heavy atom. The minimum absolute atomic E-state index is 0.0587. The molecule has 2 aromatic rings. The quantitative estimate of drug-likeness (QED) is 0.562. The average Bonchev–Trinajstić information content (AvgIpc) is 2.88. The average molecular weight is 520 g/mol. The van der Waals surface area contributed by atoms with Crippen molar-refractivity contribution in [2.24, 2.45) is 0 Å². The van der Waals surface area contributed by atoms with E-state index in [-0.39, 0.29) is 24.7 Å². The van der Waals surface area contributed by atoms with Crippen LogP contribution in [0.1, 0.15) is 36.6 Å². The number of carbonyl (C=O) groups excluding carboxylic acids is 3. The van der Waals surface area contributed by atoms with Gasteiger partial charge in [-0.15, -0.1) is 0 Å². The van der Waals surface area contributed by atoms with Crippen molar-refractivity contribution in [2.45, 2.75) is 39.8 Å². The number of hydrogen-bond acceptors (Lipinski definition) is 5. The molecule has 2 N–H and O–H groups in total. The summed E-state index contributed by atoms with van der Waals surface area (Å²) < 4.78 is 5.48. The van der Waals surface area contributed by atoms with Crippen molar-refractivity contribution >= 4 is 23.7 Å². The van der Waals surface area contributed by atoms with Crippen LogP contribution in [0.2, 0.25) is 0 Å². The maximum Gasteiger partial charge on any atom is 0.338 e. The number of nitrogens with zero attached hydrogens (tertiary/aromatic N) is 3. The van der Waals surface area contributed by atoms with Crippen LogP contribution in [0.4, 0.5) is 15.3 Å². The molecule has 1 fully saturated rings. The molecule has 0 aromatic heterocycles. The first kappa shape index (κ1) is 27.2. The number of rotatable bonds is 6. The number of amides is 4. The number of hydrogen-bond donors (Lipinski definition) is 2. The smallest absolute Gasteiger partial charge is 0.338 e. The van der Waals surface area contributed by atoms with Crippen molar-refractivity contribution < 1.29 is 19.1 Å². The molecule has 38 heavy (non-hydrogen) atoms. The van der Waals surface area contributed by atoms with E-state index in [1.54, 1.807) is 14.0 Å². The molecule has 0 unspecified atom stereocenters. The van der Waals surface area contributed by atoms with Gasteiger partial charge in [0.15, 0.2) is 0 Å². The fourth-order valence-electron chi connectivity index (χ4n) is 5.11. The van der Waals surface area contributed by atoms with Gasteiger partial charge < -0.3 is 20.3 Å². The molecular weight excluding hydrogens is 482 g/mol. The molecule has 0 radical (unpaired) electrons. The zero-order valence-electron chi connectivity index (χ0n) is 22.8. The van der Waals surface area contributed by atoms with Crippen LogP contribution in [0.25, 0.3) is 0 Å². The Balaban J connectivity index is 1.59. The second kappa shape index (κ2) is 11.7. The van der Waals surface area contributed by atoms with Crippen molar-refractivity contribution in [1.29, 1.82) is 0 Å². The Bertz CT molecular complexity index is 1230. The maximum absolute atomic E-state index is 13.3. The summed E-state index contributed by atoms with van der Waals surface area (Å²) in [5, 5.41) is 5.97. The van der Waals surface area contributed by atoms with Gasteiger partial charge in [-0.05, 0) is 51.0 Å². The van der Waals surface area contributed by atoms with Gasteiger partial charge in [-0.2, -0.15) is 0 Å². The second-order valence-electron chi connectivity index (χ2n) is 9.96. The van der Waals surface area contributed by atoms with E-state index in [0.29, 0.717) is 37.4 Å². The number of likely N-dealkylation sites (N-methyl/N-ethyl adjacent to an activating group) is 1. The van der Waals surface area contributed by atoms with Gasteiger partial charge >= 0.3 is 18.0 Å². The van der Waals surface area contributed by atoms with Crippen molar-refractivity contribution in [3.8, 4) is 0 Å². The Labute approximate surface area is 224 Å². The molecule has 2 aliphatic heterocycles. The number of urea groups is 2. The van der Waals surface area contributed by atoms with Crippen LogP contribution in [-0.4, -0.2) is 78.6 Å². The molecule has 0 aliphatic carbocycles. The predicted octanol–water partition coefficient (Wildman–Crippen LogP) is 4.05. The van der Waals surface area contributed by atoms with Gasteiger partial charge in [0.25, 0.3) is 0 Å². The molecule has 202 valence electrons. The van der Waals surface area contributed by atoms with E-state index in [1.807, 2.05) is 74.2 Å². The summed E-state index contributed by atoms with van der Waals surface area (Å²) in [4.78, 5) is 44.8. The lowest BCUT2D eigenvalue weighted by Crippen LogP contribution is -2.57. The topological polar surface area (TPSA) is 94.2 Å². The first-order chi connectivity index (χ1) is 18.2. The van der Waals surface area contributed by atoms with Crippen LogP contribution in [0, 0.1) is 13.8 Å². The molecule has 2 atom stereocenters. The van der Waals surface area contributed by atoms with Crippen molar-refractivity contribution in [1.82, 2.24) is 20.0 Å². The van der Waals surface area contributed by atoms with Crippen LogP contribution in [0.15, 0.2) is 59.8 Å². The van der Waals surface area contributed by atoms with E-state index in [9.17, 15) is 14.4 Å². The van der Waals surface area contributed by atoms with Crippen molar-refractivity contribution in [2.75, 3.05) is 45.2 Å². The molecule has 2 heterocycles. The Kier molecular flexibility index (Phi) is 8.36. The Morgan fingerprint density at radius 2 is 1.84 bits per heavy atom. The summed E-state index contributed by atoms with van der Waals surface area (Å²) in [6.45, 7) is 10.1. The highest BCUT2D eigenvalue weighted by Crippen LogP contribution is 2.33.